The van der Waals surface area contributed by atoms with Crippen LogP contribution in [0.25, 0.3) is 5.76 Å². The maximum absolute atomic E-state index is 13.1. The molecule has 1 fully saturated rings. The number of ketones is 1. The zero-order valence-corrected chi connectivity index (χ0v) is 19.2. The fraction of sp³-hybridized carbons (Fsp3) is 0.360. The van der Waals surface area contributed by atoms with E-state index >= 15 is 0 Å². The summed E-state index contributed by atoms with van der Waals surface area (Å²) in [5, 5.41) is 11.2. The highest BCUT2D eigenvalue weighted by Gasteiger charge is 2.46. The molecule has 170 valence electrons. The number of methoxy groups -OCH3 is 1. The Labute approximate surface area is 188 Å². The van der Waals surface area contributed by atoms with E-state index in [2.05, 4.69) is 0 Å². The van der Waals surface area contributed by atoms with E-state index in [1.54, 1.807) is 31.4 Å². The SMILES string of the molecule is CCOc1ccc(C(O)=C2C(=O)C(=O)N(CCN(C)C)[C@@H]2c2ccc(OC)cc2)c(C)c1. The third-order valence-electron chi connectivity index (χ3n) is 5.52. The van der Waals surface area contributed by atoms with Crippen LogP contribution in [0, 0.1) is 6.92 Å². The summed E-state index contributed by atoms with van der Waals surface area (Å²) in [6.45, 7) is 5.20. The zero-order valence-electron chi connectivity index (χ0n) is 19.2. The van der Waals surface area contributed by atoms with Crippen LogP contribution in [0.3, 0.4) is 0 Å². The number of ether oxygens (including phenoxy) is 2. The van der Waals surface area contributed by atoms with Crippen LogP contribution in [0.15, 0.2) is 48.0 Å². The number of hydrogen-bond acceptors (Lipinski definition) is 6. The first kappa shape index (κ1) is 23.3. The molecule has 3 rings (SSSR count). The van der Waals surface area contributed by atoms with E-state index in [1.807, 2.05) is 51.0 Å². The van der Waals surface area contributed by atoms with E-state index in [0.29, 0.717) is 36.8 Å². The van der Waals surface area contributed by atoms with Crippen LogP contribution in [-0.4, -0.2) is 67.5 Å². The predicted molar refractivity (Wildman–Crippen MR) is 123 cm³/mol. The normalized spacial score (nSPS) is 17.8. The van der Waals surface area contributed by atoms with E-state index < -0.39 is 17.7 Å². The monoisotopic (exact) mass is 438 g/mol. The molecular formula is C25H30N2O5. The molecule has 32 heavy (non-hydrogen) atoms. The second-order valence-corrected chi connectivity index (χ2v) is 7.98. The molecule has 0 saturated carbocycles. The number of hydrogen-bond donors (Lipinski definition) is 1. The van der Waals surface area contributed by atoms with Crippen LogP contribution in [-0.2, 0) is 9.59 Å². The van der Waals surface area contributed by atoms with E-state index in [1.165, 1.54) is 4.90 Å². The predicted octanol–water partition coefficient (Wildman–Crippen LogP) is 3.39. The Kier molecular flexibility index (Phi) is 7.20. The van der Waals surface area contributed by atoms with Crippen LogP contribution in [0.2, 0.25) is 0 Å². The maximum Gasteiger partial charge on any atom is 0.295 e. The number of amides is 1. The van der Waals surface area contributed by atoms with Gasteiger partial charge in [0.05, 0.1) is 25.3 Å². The Hall–Kier alpha value is -3.32. The summed E-state index contributed by atoms with van der Waals surface area (Å²) in [6, 6.07) is 11.8. The van der Waals surface area contributed by atoms with Gasteiger partial charge in [0.1, 0.15) is 17.3 Å². The van der Waals surface area contributed by atoms with Crippen LogP contribution >= 0.6 is 0 Å². The molecule has 0 spiro atoms. The lowest BCUT2D eigenvalue weighted by molar-refractivity contribution is -0.140. The van der Waals surface area contributed by atoms with E-state index in [0.717, 1.165) is 11.1 Å². The van der Waals surface area contributed by atoms with Gasteiger partial charge in [0.15, 0.2) is 0 Å². The lowest BCUT2D eigenvalue weighted by Crippen LogP contribution is -2.35. The summed E-state index contributed by atoms with van der Waals surface area (Å²) in [4.78, 5) is 29.5. The van der Waals surface area contributed by atoms with Crippen LogP contribution in [0.4, 0.5) is 0 Å². The van der Waals surface area contributed by atoms with Crippen molar-refractivity contribution in [1.29, 1.82) is 0 Å². The molecule has 7 heteroatoms. The molecule has 1 heterocycles. The molecule has 0 aromatic heterocycles. The summed E-state index contributed by atoms with van der Waals surface area (Å²) in [5.41, 5.74) is 2.07. The van der Waals surface area contributed by atoms with Crippen molar-refractivity contribution in [1.82, 2.24) is 9.80 Å². The summed E-state index contributed by atoms with van der Waals surface area (Å²) < 4.78 is 10.8. The van der Waals surface area contributed by atoms with Gasteiger partial charge in [0, 0.05) is 18.7 Å². The standard InChI is InChI=1S/C25H30N2O5/c1-6-32-19-11-12-20(16(2)15-19)23(28)21-22(17-7-9-18(31-5)10-8-17)27(14-13-26(3)4)25(30)24(21)29/h7-12,15,22,28H,6,13-14H2,1-5H3/t22-/m1/s1. The summed E-state index contributed by atoms with van der Waals surface area (Å²) in [6.07, 6.45) is 0. The number of aryl methyl sites for hydroxylation is 1. The maximum atomic E-state index is 13.1. The van der Waals surface area contributed by atoms with Crippen molar-refractivity contribution in [2.45, 2.75) is 19.9 Å². The fourth-order valence-corrected chi connectivity index (χ4v) is 3.85. The molecule has 2 aromatic carbocycles. The van der Waals surface area contributed by atoms with Crippen molar-refractivity contribution in [3.8, 4) is 11.5 Å². The number of Topliss-reactive ketones (excluding diaryl/α,β-unsaturated/α-hetero) is 1. The second kappa shape index (κ2) is 9.87. The van der Waals surface area contributed by atoms with Crippen LogP contribution in [0.5, 0.6) is 11.5 Å². The molecule has 2 aromatic rings. The van der Waals surface area contributed by atoms with Gasteiger partial charge in [0.25, 0.3) is 11.7 Å². The number of benzene rings is 2. The molecule has 0 unspecified atom stereocenters. The van der Waals surface area contributed by atoms with Gasteiger partial charge in [-0.15, -0.1) is 0 Å². The lowest BCUT2D eigenvalue weighted by Gasteiger charge is -2.26. The Morgan fingerprint density at radius 3 is 2.31 bits per heavy atom. The van der Waals surface area contributed by atoms with Gasteiger partial charge in [-0.2, -0.15) is 0 Å². The Balaban J connectivity index is 2.13. The first-order chi connectivity index (χ1) is 15.3. The number of likely N-dealkylation sites (tertiary alicyclic amines) is 1. The van der Waals surface area contributed by atoms with Crippen molar-refractivity contribution in [3.05, 3.63) is 64.7 Å². The molecule has 7 nitrogen and oxygen atoms in total. The van der Waals surface area contributed by atoms with E-state index in [4.69, 9.17) is 9.47 Å². The van der Waals surface area contributed by atoms with Crippen molar-refractivity contribution in [2.75, 3.05) is 40.9 Å². The summed E-state index contributed by atoms with van der Waals surface area (Å²) in [5.74, 6) is -0.133. The Morgan fingerprint density at radius 1 is 1.09 bits per heavy atom. The van der Waals surface area contributed by atoms with Crippen molar-refractivity contribution < 1.29 is 24.2 Å². The molecular weight excluding hydrogens is 408 g/mol. The minimum absolute atomic E-state index is 0.0891. The highest BCUT2D eigenvalue weighted by molar-refractivity contribution is 6.46. The number of likely N-dealkylation sites (N-methyl/N-ethyl adjacent to an activating group) is 1. The Bertz CT molecular complexity index is 1030. The molecule has 1 aliphatic heterocycles. The average molecular weight is 439 g/mol. The van der Waals surface area contributed by atoms with Crippen molar-refractivity contribution >= 4 is 17.4 Å². The summed E-state index contributed by atoms with van der Waals surface area (Å²) in [7, 11) is 5.39. The number of aliphatic hydroxyl groups excluding tert-OH is 1. The van der Waals surface area contributed by atoms with Crippen molar-refractivity contribution in [2.24, 2.45) is 0 Å². The molecule has 1 aliphatic rings. The van der Waals surface area contributed by atoms with Gasteiger partial charge in [-0.3, -0.25) is 9.59 Å². The van der Waals surface area contributed by atoms with Crippen LogP contribution < -0.4 is 9.47 Å². The number of carbonyl (C=O) groups excluding carboxylic acids is 2. The molecule has 1 amide bonds. The smallest absolute Gasteiger partial charge is 0.295 e. The average Bonchev–Trinajstić information content (AvgIpc) is 3.02. The minimum Gasteiger partial charge on any atom is -0.507 e. The molecule has 0 aliphatic carbocycles. The fourth-order valence-electron chi connectivity index (χ4n) is 3.85. The van der Waals surface area contributed by atoms with Gasteiger partial charge >= 0.3 is 0 Å². The third kappa shape index (κ3) is 4.62. The molecule has 0 radical (unpaired) electrons. The van der Waals surface area contributed by atoms with Crippen LogP contribution in [0.1, 0.15) is 29.7 Å². The molecule has 1 saturated heterocycles. The van der Waals surface area contributed by atoms with E-state index in [-0.39, 0.29) is 11.3 Å². The van der Waals surface area contributed by atoms with Gasteiger partial charge in [-0.1, -0.05) is 12.1 Å². The number of nitrogens with zero attached hydrogens (tertiary/aromatic N) is 2. The highest BCUT2D eigenvalue weighted by Crippen LogP contribution is 2.40. The van der Waals surface area contributed by atoms with Gasteiger partial charge in [-0.05, 0) is 69.4 Å². The summed E-state index contributed by atoms with van der Waals surface area (Å²) >= 11 is 0. The first-order valence-electron chi connectivity index (χ1n) is 10.6. The lowest BCUT2D eigenvalue weighted by atomic mass is 9.94. The minimum atomic E-state index is -0.688. The zero-order chi connectivity index (χ0) is 23.4. The highest BCUT2D eigenvalue weighted by atomic mass is 16.5. The third-order valence-corrected chi connectivity index (χ3v) is 5.52. The van der Waals surface area contributed by atoms with Gasteiger partial charge in [0.2, 0.25) is 0 Å². The topological polar surface area (TPSA) is 79.3 Å². The first-order valence-corrected chi connectivity index (χ1v) is 10.6. The van der Waals surface area contributed by atoms with Crippen molar-refractivity contribution in [3.63, 3.8) is 0 Å². The quantitative estimate of drug-likeness (QED) is 0.387. The number of rotatable bonds is 8. The van der Waals surface area contributed by atoms with E-state index in [9.17, 15) is 14.7 Å². The molecule has 0 bridgehead atoms. The number of carbonyl (C=O) groups is 2. The molecule has 1 N–H and O–H groups in total. The largest absolute Gasteiger partial charge is 0.507 e. The van der Waals surface area contributed by atoms with Gasteiger partial charge < -0.3 is 24.4 Å². The number of aliphatic hydroxyl groups is 1. The molecule has 1 atom stereocenters. The Morgan fingerprint density at radius 2 is 1.75 bits per heavy atom. The van der Waals surface area contributed by atoms with Gasteiger partial charge in [-0.25, -0.2) is 0 Å². The second-order valence-electron chi connectivity index (χ2n) is 7.98.